The first-order valence-electron chi connectivity index (χ1n) is 14.5. The van der Waals surface area contributed by atoms with Gasteiger partial charge in [-0.05, 0) is 74.5 Å². The van der Waals surface area contributed by atoms with Crippen LogP contribution in [0.5, 0.6) is 0 Å². The van der Waals surface area contributed by atoms with Crippen LogP contribution in [0, 0.1) is 0 Å². The second kappa shape index (κ2) is 20.8. The van der Waals surface area contributed by atoms with E-state index in [1.54, 1.807) is 44.2 Å². The van der Waals surface area contributed by atoms with Crippen molar-refractivity contribution in [2.24, 2.45) is 0 Å². The van der Waals surface area contributed by atoms with Gasteiger partial charge in [0, 0.05) is 17.7 Å². The van der Waals surface area contributed by atoms with Gasteiger partial charge in [-0.1, -0.05) is 62.3 Å². The van der Waals surface area contributed by atoms with E-state index in [0.29, 0.717) is 43.0 Å². The predicted molar refractivity (Wildman–Crippen MR) is 205 cm³/mol. The van der Waals surface area contributed by atoms with Crippen LogP contribution in [0.2, 0.25) is 20.1 Å². The van der Waals surface area contributed by atoms with Crippen LogP contribution in [-0.4, -0.2) is 64.5 Å². The third-order valence-corrected chi connectivity index (χ3v) is 11.5. The number of anilines is 2. The number of hydrogen-bond acceptors (Lipinski definition) is 10. The summed E-state index contributed by atoms with van der Waals surface area (Å²) >= 11 is 26.6. The Labute approximate surface area is 325 Å². The standard InChI is InChI=1S/C16H16Cl2N2O4S.C8H8BrNO2.C8H9Cl2NO2S/c1-3-25(22,23)20(13-6-7-14(17)15(18)8-13)10-12-5-4-11(9-19-12)16(21)24-2;1-12-8(11)6-2-3-7(4-9)10-5-6;1-2-14(12,13)11-6-3-4-7(9)8(10)5-6/h4-9H,3,10H2,1-2H3;2-3,5H,4H2,1H3;3-5,11H,2H2,1H3. The highest BCUT2D eigenvalue weighted by Gasteiger charge is 2.22. The Kier molecular flexibility index (Phi) is 17.9. The van der Waals surface area contributed by atoms with Crippen LogP contribution >= 0.6 is 62.3 Å². The summed E-state index contributed by atoms with van der Waals surface area (Å²) in [6, 6.07) is 15.7. The van der Waals surface area contributed by atoms with Gasteiger partial charge in [-0.25, -0.2) is 26.4 Å². The Morgan fingerprint density at radius 3 is 1.65 bits per heavy atom. The Morgan fingerprint density at radius 1 is 0.725 bits per heavy atom. The lowest BCUT2D eigenvalue weighted by Gasteiger charge is -2.24. The zero-order chi connectivity index (χ0) is 38.4. The lowest BCUT2D eigenvalue weighted by atomic mass is 10.2. The van der Waals surface area contributed by atoms with Crippen LogP contribution in [-0.2, 0) is 41.4 Å². The molecule has 0 spiro atoms. The first-order valence-corrected chi connectivity index (χ1v) is 20.4. The van der Waals surface area contributed by atoms with E-state index in [2.05, 4.69) is 40.1 Å². The molecule has 2 aromatic carbocycles. The number of pyridine rings is 2. The molecule has 2 heterocycles. The van der Waals surface area contributed by atoms with Crippen LogP contribution in [0.1, 0.15) is 46.0 Å². The molecule has 19 heteroatoms. The summed E-state index contributed by atoms with van der Waals surface area (Å²) in [4.78, 5) is 30.5. The van der Waals surface area contributed by atoms with Gasteiger partial charge in [-0.3, -0.25) is 19.0 Å². The molecule has 0 saturated heterocycles. The number of aromatic nitrogens is 2. The molecular weight excluding hydrogens is 854 g/mol. The highest BCUT2D eigenvalue weighted by molar-refractivity contribution is 9.08. The second-order valence-corrected chi connectivity index (χ2v) is 16.2. The van der Waals surface area contributed by atoms with Gasteiger partial charge in [0.25, 0.3) is 0 Å². The van der Waals surface area contributed by atoms with Gasteiger partial charge in [0.2, 0.25) is 20.0 Å². The van der Waals surface area contributed by atoms with Gasteiger partial charge >= 0.3 is 11.9 Å². The predicted octanol–water partition coefficient (Wildman–Crippen LogP) is 8.05. The Hall–Kier alpha value is -3.18. The van der Waals surface area contributed by atoms with Crippen LogP contribution in [0.25, 0.3) is 0 Å². The van der Waals surface area contributed by atoms with E-state index < -0.39 is 26.0 Å². The van der Waals surface area contributed by atoms with E-state index in [9.17, 15) is 26.4 Å². The molecular formula is C32H33BrCl4N4O8S2. The van der Waals surface area contributed by atoms with Crippen molar-refractivity contribution in [3.8, 4) is 0 Å². The number of carbonyl (C=O) groups is 2. The zero-order valence-electron chi connectivity index (χ0n) is 27.6. The number of hydrogen-bond donors (Lipinski definition) is 1. The Balaban J connectivity index is 0.000000292. The molecule has 0 unspecified atom stereocenters. The van der Waals surface area contributed by atoms with E-state index in [1.807, 2.05) is 0 Å². The van der Waals surface area contributed by atoms with Crippen molar-refractivity contribution in [2.75, 3.05) is 34.8 Å². The minimum absolute atomic E-state index is 0.00438. The molecule has 0 saturated carbocycles. The molecule has 1 N–H and O–H groups in total. The van der Waals surface area contributed by atoms with E-state index in [4.69, 9.17) is 46.4 Å². The number of ether oxygens (including phenoxy) is 2. The molecule has 0 bridgehead atoms. The van der Waals surface area contributed by atoms with Crippen molar-refractivity contribution < 1.29 is 35.9 Å². The summed E-state index contributed by atoms with van der Waals surface area (Å²) in [5, 5.41) is 1.99. The smallest absolute Gasteiger partial charge is 0.339 e. The number of esters is 2. The minimum atomic E-state index is -3.57. The molecule has 0 aliphatic carbocycles. The maximum Gasteiger partial charge on any atom is 0.339 e. The molecule has 4 aromatic rings. The molecule has 12 nitrogen and oxygen atoms in total. The number of halogens is 5. The van der Waals surface area contributed by atoms with Crippen molar-refractivity contribution >= 4 is 106 Å². The average molecular weight is 887 g/mol. The third kappa shape index (κ3) is 14.0. The number of rotatable bonds is 11. The number of nitrogens with one attached hydrogen (secondary N) is 1. The van der Waals surface area contributed by atoms with Crippen molar-refractivity contribution in [1.29, 1.82) is 0 Å². The maximum absolute atomic E-state index is 12.5. The lowest BCUT2D eigenvalue weighted by molar-refractivity contribution is 0.0591. The summed E-state index contributed by atoms with van der Waals surface area (Å²) in [7, 11) is -4.20. The number of alkyl halides is 1. The summed E-state index contributed by atoms with van der Waals surface area (Å²) in [5.74, 6) is -0.939. The van der Waals surface area contributed by atoms with Crippen LogP contribution in [0.15, 0.2) is 73.1 Å². The minimum Gasteiger partial charge on any atom is -0.465 e. The molecule has 0 aliphatic rings. The first kappa shape index (κ1) is 44.0. The molecule has 51 heavy (non-hydrogen) atoms. The first-order chi connectivity index (χ1) is 24.0. The topological polar surface area (TPSA) is 162 Å². The van der Waals surface area contributed by atoms with E-state index in [0.717, 1.165) is 5.69 Å². The summed E-state index contributed by atoms with van der Waals surface area (Å²) in [6.45, 7) is 3.10. The second-order valence-electron chi connectivity index (χ2n) is 9.83. The van der Waals surface area contributed by atoms with E-state index >= 15 is 0 Å². The molecule has 276 valence electrons. The summed E-state index contributed by atoms with van der Waals surface area (Å²) in [5.41, 5.74) is 2.92. The average Bonchev–Trinajstić information content (AvgIpc) is 3.13. The molecule has 0 aliphatic heterocycles. The van der Waals surface area contributed by atoms with Gasteiger partial charge in [0.15, 0.2) is 0 Å². The van der Waals surface area contributed by atoms with Gasteiger partial charge in [0.05, 0.1) is 86.3 Å². The molecule has 0 amide bonds. The van der Waals surface area contributed by atoms with E-state index in [1.165, 1.54) is 61.3 Å². The quantitative estimate of drug-likeness (QED) is 0.115. The Morgan fingerprint density at radius 2 is 1.24 bits per heavy atom. The normalized spacial score (nSPS) is 10.8. The fourth-order valence-electron chi connectivity index (χ4n) is 3.60. The van der Waals surface area contributed by atoms with E-state index in [-0.39, 0.29) is 34.6 Å². The summed E-state index contributed by atoms with van der Waals surface area (Å²) < 4.78 is 60.0. The Bertz CT molecular complexity index is 2010. The lowest BCUT2D eigenvalue weighted by Crippen LogP contribution is -2.32. The summed E-state index contributed by atoms with van der Waals surface area (Å²) in [6.07, 6.45) is 2.84. The van der Waals surface area contributed by atoms with Gasteiger partial charge in [0.1, 0.15) is 0 Å². The zero-order valence-corrected chi connectivity index (χ0v) is 33.8. The SMILES string of the molecule is CCS(=O)(=O)N(Cc1ccc(C(=O)OC)cn1)c1ccc(Cl)c(Cl)c1.CCS(=O)(=O)Nc1ccc(Cl)c(Cl)c1.COC(=O)c1ccc(CBr)nc1. The highest BCUT2D eigenvalue weighted by Crippen LogP contribution is 2.30. The molecule has 0 atom stereocenters. The largest absolute Gasteiger partial charge is 0.465 e. The van der Waals surface area contributed by atoms with Crippen LogP contribution in [0.3, 0.4) is 0 Å². The van der Waals surface area contributed by atoms with Gasteiger partial charge in [-0.2, -0.15) is 0 Å². The van der Waals surface area contributed by atoms with Crippen molar-refractivity contribution in [3.05, 3.63) is 116 Å². The maximum atomic E-state index is 12.5. The van der Waals surface area contributed by atoms with Crippen LogP contribution < -0.4 is 9.03 Å². The number of methoxy groups -OCH3 is 2. The number of carbonyl (C=O) groups excluding carboxylic acids is 2. The van der Waals surface area contributed by atoms with Gasteiger partial charge in [-0.15, -0.1) is 0 Å². The molecule has 0 radical (unpaired) electrons. The van der Waals surface area contributed by atoms with Crippen molar-refractivity contribution in [2.45, 2.75) is 25.7 Å². The highest BCUT2D eigenvalue weighted by atomic mass is 79.9. The molecule has 0 fully saturated rings. The molecule has 4 rings (SSSR count). The fraction of sp³-hybridized carbons (Fsp3) is 0.250. The number of benzene rings is 2. The number of sulfonamides is 2. The molecule has 2 aromatic heterocycles. The number of nitrogens with zero attached hydrogens (tertiary/aromatic N) is 3. The third-order valence-electron chi connectivity index (χ3n) is 6.40. The monoisotopic (exact) mass is 884 g/mol. The van der Waals surface area contributed by atoms with Crippen LogP contribution in [0.4, 0.5) is 11.4 Å². The fourth-order valence-corrected chi connectivity index (χ4v) is 6.23. The van der Waals surface area contributed by atoms with Crippen molar-refractivity contribution in [3.63, 3.8) is 0 Å². The van der Waals surface area contributed by atoms with Gasteiger partial charge < -0.3 is 9.47 Å². The van der Waals surface area contributed by atoms with Crippen molar-refractivity contribution in [1.82, 2.24) is 9.97 Å².